The number of nitrogens with one attached hydrogen (secondary N) is 3. The lowest BCUT2D eigenvalue weighted by Crippen LogP contribution is -2.33. The van der Waals surface area contributed by atoms with E-state index in [1.165, 1.54) is 24.1 Å². The lowest BCUT2D eigenvalue weighted by atomic mass is 9.91. The standard InChI is InChI=1S/C35H41N3O7S/c1-3-4-22-45-30-19-18-29(23-31(30)46(2,43)44)37-35(42)38-33(26-12-10-25(11-13-26)24-8-6-5-7-9-24)27-14-16-28(17-15-27)34(41)36-21-20-32(39)40/h8,10-19,23,33H,3-7,9,20-22H2,1-2H3,(H,36,41)(H,39,40)(H2,37,38,42). The van der Waals surface area contributed by atoms with Crippen LogP contribution < -0.4 is 20.7 Å². The van der Waals surface area contributed by atoms with Gasteiger partial charge in [-0.15, -0.1) is 0 Å². The summed E-state index contributed by atoms with van der Waals surface area (Å²) in [7, 11) is -3.64. The first kappa shape index (κ1) is 34.2. The number of hydrogen-bond donors (Lipinski definition) is 4. The van der Waals surface area contributed by atoms with Crippen molar-refractivity contribution in [3.8, 4) is 5.75 Å². The number of anilines is 1. The molecule has 0 fully saturated rings. The van der Waals surface area contributed by atoms with Crippen LogP contribution in [0.3, 0.4) is 0 Å². The van der Waals surface area contributed by atoms with E-state index in [0.717, 1.165) is 49.5 Å². The Kier molecular flexibility index (Phi) is 12.0. The number of carboxylic acid groups (broad SMARTS) is 1. The third kappa shape index (κ3) is 9.68. The average Bonchev–Trinajstić information content (AvgIpc) is 3.04. The number of ether oxygens (including phenoxy) is 1. The van der Waals surface area contributed by atoms with E-state index in [1.54, 1.807) is 30.3 Å². The highest BCUT2D eigenvalue weighted by Crippen LogP contribution is 2.30. The first-order valence-corrected chi connectivity index (χ1v) is 17.4. The van der Waals surface area contributed by atoms with Gasteiger partial charge in [0, 0.05) is 24.1 Å². The molecule has 1 aliphatic rings. The number of urea groups is 1. The van der Waals surface area contributed by atoms with Gasteiger partial charge in [-0.1, -0.05) is 55.8 Å². The predicted molar refractivity (Wildman–Crippen MR) is 178 cm³/mol. The highest BCUT2D eigenvalue weighted by atomic mass is 32.2. The molecule has 0 spiro atoms. The van der Waals surface area contributed by atoms with E-state index in [9.17, 15) is 22.8 Å². The van der Waals surface area contributed by atoms with Crippen molar-refractivity contribution in [1.82, 2.24) is 10.6 Å². The zero-order valence-electron chi connectivity index (χ0n) is 26.2. The van der Waals surface area contributed by atoms with Crippen LogP contribution in [0.5, 0.6) is 5.75 Å². The molecule has 3 amide bonds. The topological polar surface area (TPSA) is 151 Å². The molecule has 1 atom stereocenters. The summed E-state index contributed by atoms with van der Waals surface area (Å²) in [4.78, 5) is 36.6. The first-order valence-electron chi connectivity index (χ1n) is 15.5. The molecule has 0 saturated carbocycles. The van der Waals surface area contributed by atoms with Crippen LogP contribution in [0.15, 0.2) is 77.7 Å². The smallest absolute Gasteiger partial charge is 0.319 e. The van der Waals surface area contributed by atoms with Gasteiger partial charge in [-0.05, 0) is 84.7 Å². The molecule has 0 aliphatic heterocycles. The number of sulfone groups is 1. The van der Waals surface area contributed by atoms with Gasteiger partial charge in [0.1, 0.15) is 10.6 Å². The number of amides is 3. The summed E-state index contributed by atoms with van der Waals surface area (Å²) in [5.74, 6) is -1.17. The molecule has 1 unspecified atom stereocenters. The SMILES string of the molecule is CCCCOc1ccc(NC(=O)NC(c2ccc(C(=O)NCCC(=O)O)cc2)c2ccc(C3=CCCCC3)cc2)cc1S(C)(=O)=O. The Labute approximate surface area is 270 Å². The fourth-order valence-electron chi connectivity index (χ4n) is 5.18. The molecular weight excluding hydrogens is 606 g/mol. The van der Waals surface area contributed by atoms with Crippen LogP contribution in [0, 0.1) is 0 Å². The maximum atomic E-state index is 13.4. The van der Waals surface area contributed by atoms with Crippen LogP contribution in [0.25, 0.3) is 5.57 Å². The van der Waals surface area contributed by atoms with E-state index in [4.69, 9.17) is 9.84 Å². The quantitative estimate of drug-likeness (QED) is 0.149. The Hall–Kier alpha value is -4.64. The number of unbranched alkanes of at least 4 members (excludes halogenated alkanes) is 1. The third-order valence-electron chi connectivity index (χ3n) is 7.67. The third-order valence-corrected chi connectivity index (χ3v) is 8.79. The van der Waals surface area contributed by atoms with E-state index in [0.29, 0.717) is 17.7 Å². The molecular formula is C35H41N3O7S. The van der Waals surface area contributed by atoms with Crippen molar-refractivity contribution in [2.45, 2.75) is 62.8 Å². The van der Waals surface area contributed by atoms with Gasteiger partial charge in [0.15, 0.2) is 9.84 Å². The Balaban J connectivity index is 1.57. The lowest BCUT2D eigenvalue weighted by Gasteiger charge is -2.22. The molecule has 3 aromatic carbocycles. The minimum atomic E-state index is -3.64. The van der Waals surface area contributed by atoms with E-state index in [2.05, 4.69) is 22.0 Å². The number of carbonyl (C=O) groups is 3. The molecule has 3 aromatic rings. The van der Waals surface area contributed by atoms with Gasteiger partial charge in [-0.2, -0.15) is 0 Å². The minimum absolute atomic E-state index is 0.00986. The van der Waals surface area contributed by atoms with Crippen molar-refractivity contribution in [2.75, 3.05) is 24.7 Å². The maximum absolute atomic E-state index is 13.4. The molecule has 10 nitrogen and oxygen atoms in total. The zero-order chi connectivity index (χ0) is 33.1. The van der Waals surface area contributed by atoms with Crippen molar-refractivity contribution in [3.05, 3.63) is 95.1 Å². The summed E-state index contributed by atoms with van der Waals surface area (Å²) in [5.41, 5.74) is 4.60. The highest BCUT2D eigenvalue weighted by Gasteiger charge is 2.21. The average molecular weight is 648 g/mol. The molecule has 0 aromatic heterocycles. The second-order valence-electron chi connectivity index (χ2n) is 11.3. The number of carboxylic acids is 1. The maximum Gasteiger partial charge on any atom is 0.319 e. The van der Waals surface area contributed by atoms with E-state index >= 15 is 0 Å². The van der Waals surface area contributed by atoms with Gasteiger partial charge in [-0.25, -0.2) is 13.2 Å². The van der Waals surface area contributed by atoms with Crippen LogP contribution in [0.2, 0.25) is 0 Å². The van der Waals surface area contributed by atoms with Crippen molar-refractivity contribution in [3.63, 3.8) is 0 Å². The molecule has 0 bridgehead atoms. The van der Waals surface area contributed by atoms with Gasteiger partial charge >= 0.3 is 12.0 Å². The molecule has 11 heteroatoms. The molecule has 4 rings (SSSR count). The van der Waals surface area contributed by atoms with Crippen molar-refractivity contribution in [1.29, 1.82) is 0 Å². The number of aliphatic carboxylic acids is 1. The second-order valence-corrected chi connectivity index (χ2v) is 13.3. The summed E-state index contributed by atoms with van der Waals surface area (Å²) < 4.78 is 30.7. The molecule has 1 aliphatic carbocycles. The van der Waals surface area contributed by atoms with Gasteiger partial charge in [0.05, 0.1) is 19.1 Å². The normalized spacial score (nSPS) is 13.7. The lowest BCUT2D eigenvalue weighted by molar-refractivity contribution is -0.136. The van der Waals surface area contributed by atoms with Crippen LogP contribution in [-0.2, 0) is 14.6 Å². The van der Waals surface area contributed by atoms with Gasteiger partial charge in [-0.3, -0.25) is 9.59 Å². The number of benzene rings is 3. The Morgan fingerprint density at radius 1 is 0.957 bits per heavy atom. The molecule has 4 N–H and O–H groups in total. The second kappa shape index (κ2) is 16.1. The predicted octanol–water partition coefficient (Wildman–Crippen LogP) is 6.34. The summed E-state index contributed by atoms with van der Waals surface area (Å²) in [6.45, 7) is 2.40. The number of carbonyl (C=O) groups excluding carboxylic acids is 2. The summed E-state index contributed by atoms with van der Waals surface area (Å²) in [5, 5.41) is 17.2. The Morgan fingerprint density at radius 2 is 1.65 bits per heavy atom. The van der Waals surface area contributed by atoms with Crippen molar-refractivity contribution in [2.24, 2.45) is 0 Å². The molecule has 0 radical (unpaired) electrons. The molecule has 0 saturated heterocycles. The van der Waals surface area contributed by atoms with E-state index < -0.39 is 33.8 Å². The zero-order valence-corrected chi connectivity index (χ0v) is 27.0. The Bertz CT molecular complexity index is 1670. The molecule has 0 heterocycles. The highest BCUT2D eigenvalue weighted by molar-refractivity contribution is 7.90. The van der Waals surface area contributed by atoms with E-state index in [1.807, 2.05) is 31.2 Å². The van der Waals surface area contributed by atoms with E-state index in [-0.39, 0.29) is 29.3 Å². The van der Waals surface area contributed by atoms with Crippen molar-refractivity contribution < 1.29 is 32.6 Å². The van der Waals surface area contributed by atoms with Crippen molar-refractivity contribution >= 4 is 39.0 Å². The number of hydrogen-bond acceptors (Lipinski definition) is 6. The van der Waals surface area contributed by atoms with Gasteiger partial charge in [0.2, 0.25) is 0 Å². The monoisotopic (exact) mass is 647 g/mol. The van der Waals surface area contributed by atoms with Crippen LogP contribution in [0.1, 0.15) is 85.0 Å². The number of rotatable bonds is 14. The minimum Gasteiger partial charge on any atom is -0.492 e. The molecule has 244 valence electrons. The fourth-order valence-corrected chi connectivity index (χ4v) is 6.01. The molecule has 46 heavy (non-hydrogen) atoms. The number of allylic oxidation sites excluding steroid dienone is 2. The van der Waals surface area contributed by atoms with Crippen LogP contribution >= 0.6 is 0 Å². The summed E-state index contributed by atoms with van der Waals surface area (Å²) >= 11 is 0. The fraction of sp³-hybridized carbons (Fsp3) is 0.343. The van der Waals surface area contributed by atoms with Crippen LogP contribution in [-0.4, -0.2) is 50.8 Å². The van der Waals surface area contributed by atoms with Gasteiger partial charge < -0.3 is 25.8 Å². The first-order chi connectivity index (χ1) is 22.0. The summed E-state index contributed by atoms with van der Waals surface area (Å²) in [6, 6.07) is 18.1. The summed E-state index contributed by atoms with van der Waals surface area (Å²) in [6.07, 6.45) is 9.29. The Morgan fingerprint density at radius 3 is 2.26 bits per heavy atom. The van der Waals surface area contributed by atoms with Crippen LogP contribution in [0.4, 0.5) is 10.5 Å². The van der Waals surface area contributed by atoms with Gasteiger partial charge in [0.25, 0.3) is 5.91 Å². The largest absolute Gasteiger partial charge is 0.492 e.